The van der Waals surface area contributed by atoms with Crippen molar-refractivity contribution in [1.29, 1.82) is 0 Å². The molecule has 3 N–H and O–H groups in total. The predicted octanol–water partition coefficient (Wildman–Crippen LogP) is 5.92. The summed E-state index contributed by atoms with van der Waals surface area (Å²) in [5.41, 5.74) is 4.69. The minimum atomic E-state index is -0.835. The molecule has 240 valence electrons. The van der Waals surface area contributed by atoms with Crippen LogP contribution < -0.4 is 25.4 Å². The first-order chi connectivity index (χ1) is 21.6. The lowest BCUT2D eigenvalue weighted by Crippen LogP contribution is -2.48. The number of ether oxygens (including phenoxy) is 4. The summed E-state index contributed by atoms with van der Waals surface area (Å²) in [5.74, 6) is 0.839. The van der Waals surface area contributed by atoms with Crippen LogP contribution in [0.1, 0.15) is 62.6 Å². The lowest BCUT2D eigenvalue weighted by Gasteiger charge is -2.23. The number of rotatable bonds is 13. The molecule has 1 aliphatic rings. The van der Waals surface area contributed by atoms with Gasteiger partial charge in [0.15, 0.2) is 0 Å². The fourth-order valence-electron chi connectivity index (χ4n) is 5.34. The quantitative estimate of drug-likeness (QED) is 0.203. The van der Waals surface area contributed by atoms with Crippen LogP contribution in [0.3, 0.4) is 0 Å². The Labute approximate surface area is 264 Å². The van der Waals surface area contributed by atoms with Crippen LogP contribution in [0.2, 0.25) is 0 Å². The molecule has 10 nitrogen and oxygen atoms in total. The molecular formula is C35H43N3O7. The third-order valence-corrected chi connectivity index (χ3v) is 7.49. The van der Waals surface area contributed by atoms with Crippen LogP contribution in [0.15, 0.2) is 66.7 Å². The Morgan fingerprint density at radius 1 is 0.822 bits per heavy atom. The maximum atomic E-state index is 13.2. The van der Waals surface area contributed by atoms with Crippen LogP contribution >= 0.6 is 0 Å². The summed E-state index contributed by atoms with van der Waals surface area (Å²) in [6.07, 6.45) is 0.310. The Kier molecular flexibility index (Phi) is 11.3. The van der Waals surface area contributed by atoms with Crippen molar-refractivity contribution in [1.82, 2.24) is 16.0 Å². The molecule has 1 atom stereocenters. The number of hydrogen-bond acceptors (Lipinski definition) is 7. The van der Waals surface area contributed by atoms with Gasteiger partial charge in [-0.1, -0.05) is 48.5 Å². The van der Waals surface area contributed by atoms with Crippen molar-refractivity contribution in [3.63, 3.8) is 0 Å². The zero-order chi connectivity index (χ0) is 32.4. The molecule has 0 heterocycles. The van der Waals surface area contributed by atoms with Crippen LogP contribution in [0.5, 0.6) is 11.5 Å². The standard InChI is InChI=1S/C35H43N3O7/c1-35(2,3)45-34(41)38-30(32(39)37-21-23-17-18-24(42-4)20-31(23)43-5)16-10-11-19-36-33(40)44-22-29-27-14-8-6-12-25(27)26-13-7-9-15-28(26)29/h6-9,12-15,17-18,20,29-30H,10-11,16,19,21-22H2,1-5H3,(H,36,40)(H,37,39)(H,38,41). The number of methoxy groups -OCH3 is 2. The first-order valence-corrected chi connectivity index (χ1v) is 15.2. The number of hydrogen-bond donors (Lipinski definition) is 3. The van der Waals surface area contributed by atoms with Gasteiger partial charge >= 0.3 is 12.2 Å². The molecule has 0 aliphatic heterocycles. The second-order valence-electron chi connectivity index (χ2n) is 11.8. The molecule has 1 aliphatic carbocycles. The Bertz CT molecular complexity index is 1440. The normalized spacial score (nSPS) is 12.7. The van der Waals surface area contributed by atoms with Crippen molar-refractivity contribution in [3.05, 3.63) is 83.4 Å². The molecule has 0 fully saturated rings. The van der Waals surface area contributed by atoms with Crippen molar-refractivity contribution < 1.29 is 33.3 Å². The second kappa shape index (κ2) is 15.3. The minimum absolute atomic E-state index is 0.0146. The number of carbonyl (C=O) groups is 3. The molecule has 3 amide bonds. The number of nitrogens with one attached hydrogen (secondary N) is 3. The lowest BCUT2D eigenvalue weighted by molar-refractivity contribution is -0.123. The van der Waals surface area contributed by atoms with Gasteiger partial charge in [-0.3, -0.25) is 4.79 Å². The van der Waals surface area contributed by atoms with Gasteiger partial charge in [0.2, 0.25) is 5.91 Å². The Morgan fingerprint density at radius 3 is 2.11 bits per heavy atom. The van der Waals surface area contributed by atoms with Gasteiger partial charge in [0, 0.05) is 30.6 Å². The molecule has 1 unspecified atom stereocenters. The Morgan fingerprint density at radius 2 is 1.49 bits per heavy atom. The van der Waals surface area contributed by atoms with E-state index in [0.29, 0.717) is 37.3 Å². The van der Waals surface area contributed by atoms with E-state index in [4.69, 9.17) is 18.9 Å². The summed E-state index contributed by atoms with van der Waals surface area (Å²) in [6.45, 7) is 6.06. The van der Waals surface area contributed by atoms with Gasteiger partial charge in [0.25, 0.3) is 0 Å². The van der Waals surface area contributed by atoms with E-state index in [1.54, 1.807) is 47.1 Å². The summed E-state index contributed by atoms with van der Waals surface area (Å²) in [4.78, 5) is 38.2. The summed E-state index contributed by atoms with van der Waals surface area (Å²) < 4.78 is 21.6. The summed E-state index contributed by atoms with van der Waals surface area (Å²) in [7, 11) is 3.11. The van der Waals surface area contributed by atoms with E-state index >= 15 is 0 Å². The van der Waals surface area contributed by atoms with Crippen LogP contribution in [-0.2, 0) is 20.8 Å². The van der Waals surface area contributed by atoms with Gasteiger partial charge in [-0.25, -0.2) is 9.59 Å². The molecule has 3 aromatic rings. The summed E-state index contributed by atoms with van der Waals surface area (Å²) in [5, 5.41) is 8.36. The van der Waals surface area contributed by atoms with E-state index in [-0.39, 0.29) is 25.0 Å². The highest BCUT2D eigenvalue weighted by atomic mass is 16.6. The van der Waals surface area contributed by atoms with Crippen molar-refractivity contribution >= 4 is 18.1 Å². The van der Waals surface area contributed by atoms with Crippen LogP contribution in [0, 0.1) is 0 Å². The first-order valence-electron chi connectivity index (χ1n) is 15.2. The topological polar surface area (TPSA) is 124 Å². The number of unbranched alkanes of at least 4 members (excludes halogenated alkanes) is 1. The predicted molar refractivity (Wildman–Crippen MR) is 171 cm³/mol. The minimum Gasteiger partial charge on any atom is -0.497 e. The third-order valence-electron chi connectivity index (χ3n) is 7.49. The lowest BCUT2D eigenvalue weighted by atomic mass is 9.98. The number of fused-ring (bicyclic) bond motifs is 3. The van der Waals surface area contributed by atoms with E-state index in [1.165, 1.54) is 11.1 Å². The maximum absolute atomic E-state index is 13.2. The highest BCUT2D eigenvalue weighted by Gasteiger charge is 2.29. The van der Waals surface area contributed by atoms with Gasteiger partial charge in [-0.05, 0) is 74.4 Å². The van der Waals surface area contributed by atoms with Crippen LogP contribution in [0.25, 0.3) is 11.1 Å². The molecule has 0 aromatic heterocycles. The van der Waals surface area contributed by atoms with E-state index in [2.05, 4.69) is 40.2 Å². The molecule has 0 bridgehead atoms. The fourth-order valence-corrected chi connectivity index (χ4v) is 5.34. The molecule has 0 radical (unpaired) electrons. The number of amides is 3. The molecule has 0 saturated heterocycles. The van der Waals surface area contributed by atoms with E-state index in [1.807, 2.05) is 30.3 Å². The average Bonchev–Trinajstić information content (AvgIpc) is 3.34. The van der Waals surface area contributed by atoms with E-state index in [9.17, 15) is 14.4 Å². The van der Waals surface area contributed by atoms with E-state index < -0.39 is 23.8 Å². The van der Waals surface area contributed by atoms with Crippen molar-refractivity contribution in [2.45, 2.75) is 64.1 Å². The largest absolute Gasteiger partial charge is 0.497 e. The molecule has 3 aromatic carbocycles. The van der Waals surface area contributed by atoms with Gasteiger partial charge in [-0.2, -0.15) is 0 Å². The zero-order valence-corrected chi connectivity index (χ0v) is 26.6. The molecule has 0 saturated carbocycles. The highest BCUT2D eigenvalue weighted by molar-refractivity contribution is 5.85. The number of carbonyl (C=O) groups excluding carboxylic acids is 3. The zero-order valence-electron chi connectivity index (χ0n) is 26.6. The van der Waals surface area contributed by atoms with Crippen molar-refractivity contribution in [2.24, 2.45) is 0 Å². The van der Waals surface area contributed by atoms with Crippen molar-refractivity contribution in [2.75, 3.05) is 27.4 Å². The molecular weight excluding hydrogens is 574 g/mol. The van der Waals surface area contributed by atoms with Gasteiger partial charge in [0.05, 0.1) is 14.2 Å². The monoisotopic (exact) mass is 617 g/mol. The number of benzene rings is 3. The van der Waals surface area contributed by atoms with Crippen LogP contribution in [0.4, 0.5) is 9.59 Å². The first kappa shape index (κ1) is 33.2. The molecule has 45 heavy (non-hydrogen) atoms. The Balaban J connectivity index is 1.26. The molecule has 0 spiro atoms. The molecule has 4 rings (SSSR count). The Hall–Kier alpha value is -4.73. The average molecular weight is 618 g/mol. The summed E-state index contributed by atoms with van der Waals surface area (Å²) in [6, 6.07) is 20.9. The highest BCUT2D eigenvalue weighted by Crippen LogP contribution is 2.44. The fraction of sp³-hybridized carbons (Fsp3) is 0.400. The smallest absolute Gasteiger partial charge is 0.408 e. The van der Waals surface area contributed by atoms with Gasteiger partial charge in [0.1, 0.15) is 29.7 Å². The number of alkyl carbamates (subject to hydrolysis) is 2. The SMILES string of the molecule is COc1ccc(CNC(=O)C(CCCCNC(=O)OCC2c3ccccc3-c3ccccc32)NC(=O)OC(C)(C)C)c(OC)c1. The van der Waals surface area contributed by atoms with E-state index in [0.717, 1.165) is 16.7 Å². The van der Waals surface area contributed by atoms with Crippen molar-refractivity contribution in [3.8, 4) is 22.6 Å². The van der Waals surface area contributed by atoms with Gasteiger partial charge < -0.3 is 34.9 Å². The second-order valence-corrected chi connectivity index (χ2v) is 11.8. The van der Waals surface area contributed by atoms with Crippen LogP contribution in [-0.4, -0.2) is 57.1 Å². The van der Waals surface area contributed by atoms with Gasteiger partial charge in [-0.15, -0.1) is 0 Å². The third kappa shape index (κ3) is 9.14. The maximum Gasteiger partial charge on any atom is 0.408 e. The molecule has 10 heteroatoms. The summed E-state index contributed by atoms with van der Waals surface area (Å²) >= 11 is 0.